The number of aromatic nitrogens is 2. The Morgan fingerprint density at radius 2 is 1.90 bits per heavy atom. The first-order chi connectivity index (χ1) is 10.3. The first-order valence-electron chi connectivity index (χ1n) is 9.09. The third-order valence-electron chi connectivity index (χ3n) is 4.76. The molecule has 0 bridgehead atoms. The van der Waals surface area contributed by atoms with Gasteiger partial charge in [-0.3, -0.25) is 4.68 Å². The van der Waals surface area contributed by atoms with Crippen LogP contribution in [0.5, 0.6) is 0 Å². The van der Waals surface area contributed by atoms with Gasteiger partial charge in [0.25, 0.3) is 0 Å². The predicted molar refractivity (Wildman–Crippen MR) is 89.4 cm³/mol. The Labute approximate surface area is 130 Å². The van der Waals surface area contributed by atoms with Crippen molar-refractivity contribution >= 4 is 0 Å². The van der Waals surface area contributed by atoms with E-state index in [0.717, 1.165) is 12.8 Å². The third-order valence-corrected chi connectivity index (χ3v) is 4.76. The van der Waals surface area contributed by atoms with E-state index in [1.165, 1.54) is 69.9 Å². The Kier molecular flexibility index (Phi) is 7.28. The quantitative estimate of drug-likeness (QED) is 0.639. The molecule has 1 unspecified atom stereocenters. The summed E-state index contributed by atoms with van der Waals surface area (Å²) >= 11 is 0. The Balaban J connectivity index is 1.62. The van der Waals surface area contributed by atoms with Crippen molar-refractivity contribution < 1.29 is 0 Å². The first kappa shape index (κ1) is 16.5. The molecule has 2 rings (SSSR count). The fraction of sp³-hybridized carbons (Fsp3) is 0.833. The highest BCUT2D eigenvalue weighted by atomic mass is 15.3. The van der Waals surface area contributed by atoms with Crippen LogP contribution in [0.2, 0.25) is 0 Å². The van der Waals surface area contributed by atoms with Crippen molar-refractivity contribution in [1.29, 1.82) is 0 Å². The van der Waals surface area contributed by atoms with Gasteiger partial charge in [-0.25, -0.2) is 0 Å². The van der Waals surface area contributed by atoms with Crippen LogP contribution >= 0.6 is 0 Å². The molecule has 1 aromatic heterocycles. The van der Waals surface area contributed by atoms with Crippen molar-refractivity contribution in [2.75, 3.05) is 0 Å². The molecule has 0 amide bonds. The van der Waals surface area contributed by atoms with E-state index >= 15 is 0 Å². The van der Waals surface area contributed by atoms with Crippen LogP contribution in [0.3, 0.4) is 0 Å². The fourth-order valence-corrected chi connectivity index (χ4v) is 3.42. The molecule has 1 fully saturated rings. The second-order valence-electron chi connectivity index (χ2n) is 6.75. The number of nitrogens with two attached hydrogens (primary N) is 1. The van der Waals surface area contributed by atoms with E-state index < -0.39 is 0 Å². The van der Waals surface area contributed by atoms with E-state index in [0.29, 0.717) is 6.04 Å². The standard InChI is InChI=1S/C18H33N3/c1-2-3-4-5-6-7-10-16(19)15-17-13-14-21(20-17)18-11-8-9-12-18/h13-14,16,18H,2-12,15,19H2,1H3. The number of rotatable bonds is 10. The van der Waals surface area contributed by atoms with E-state index in [-0.39, 0.29) is 6.04 Å². The Morgan fingerprint density at radius 1 is 1.19 bits per heavy atom. The van der Waals surface area contributed by atoms with E-state index in [1.807, 2.05) is 0 Å². The molecule has 3 nitrogen and oxygen atoms in total. The molecule has 0 aliphatic heterocycles. The third kappa shape index (κ3) is 5.82. The van der Waals surface area contributed by atoms with Gasteiger partial charge in [-0.05, 0) is 25.3 Å². The lowest BCUT2D eigenvalue weighted by Gasteiger charge is -2.11. The molecule has 1 aliphatic carbocycles. The van der Waals surface area contributed by atoms with Crippen LogP contribution in [0.25, 0.3) is 0 Å². The minimum absolute atomic E-state index is 0.281. The molecule has 1 aliphatic rings. The normalized spacial score (nSPS) is 17.4. The fourth-order valence-electron chi connectivity index (χ4n) is 3.42. The monoisotopic (exact) mass is 291 g/mol. The summed E-state index contributed by atoms with van der Waals surface area (Å²) in [7, 11) is 0. The topological polar surface area (TPSA) is 43.8 Å². The van der Waals surface area contributed by atoms with E-state index in [4.69, 9.17) is 10.8 Å². The molecule has 3 heteroatoms. The number of hydrogen-bond donors (Lipinski definition) is 1. The summed E-state index contributed by atoms with van der Waals surface area (Å²) in [4.78, 5) is 0. The highest BCUT2D eigenvalue weighted by molar-refractivity contribution is 5.02. The average molecular weight is 291 g/mol. The SMILES string of the molecule is CCCCCCCCC(N)Cc1ccn(C2CCCC2)n1. The van der Waals surface area contributed by atoms with Gasteiger partial charge in [-0.2, -0.15) is 5.10 Å². The summed E-state index contributed by atoms with van der Waals surface area (Å²) in [6.45, 7) is 2.26. The summed E-state index contributed by atoms with van der Waals surface area (Å²) in [6.07, 6.45) is 17.6. The second-order valence-corrected chi connectivity index (χ2v) is 6.75. The lowest BCUT2D eigenvalue weighted by atomic mass is 10.0. The molecule has 0 radical (unpaired) electrons. The molecule has 120 valence electrons. The molecule has 2 N–H and O–H groups in total. The summed E-state index contributed by atoms with van der Waals surface area (Å²) < 4.78 is 2.18. The van der Waals surface area contributed by atoms with Crippen molar-refractivity contribution in [1.82, 2.24) is 9.78 Å². The minimum Gasteiger partial charge on any atom is -0.327 e. The highest BCUT2D eigenvalue weighted by Gasteiger charge is 2.17. The van der Waals surface area contributed by atoms with Gasteiger partial charge in [-0.1, -0.05) is 58.3 Å². The Hall–Kier alpha value is -0.830. The summed E-state index contributed by atoms with van der Waals surface area (Å²) in [6, 6.07) is 3.09. The van der Waals surface area contributed by atoms with E-state index in [9.17, 15) is 0 Å². The van der Waals surface area contributed by atoms with Gasteiger partial charge in [0, 0.05) is 18.7 Å². The first-order valence-corrected chi connectivity index (χ1v) is 9.09. The predicted octanol–water partition coefficient (Wildman–Crippen LogP) is 4.62. The lowest BCUT2D eigenvalue weighted by molar-refractivity contribution is 0.458. The zero-order valence-electron chi connectivity index (χ0n) is 13.8. The molecule has 0 spiro atoms. The van der Waals surface area contributed by atoms with Gasteiger partial charge < -0.3 is 5.73 Å². The van der Waals surface area contributed by atoms with Gasteiger partial charge in [-0.15, -0.1) is 0 Å². The maximum Gasteiger partial charge on any atom is 0.0640 e. The average Bonchev–Trinajstić information content (AvgIpc) is 3.13. The van der Waals surface area contributed by atoms with Crippen molar-refractivity contribution in [2.24, 2.45) is 5.73 Å². The van der Waals surface area contributed by atoms with E-state index in [1.54, 1.807) is 0 Å². The zero-order valence-corrected chi connectivity index (χ0v) is 13.8. The Morgan fingerprint density at radius 3 is 2.67 bits per heavy atom. The van der Waals surface area contributed by atoms with Crippen molar-refractivity contribution in [3.05, 3.63) is 18.0 Å². The van der Waals surface area contributed by atoms with Crippen molar-refractivity contribution in [3.8, 4) is 0 Å². The van der Waals surface area contributed by atoms with Crippen LogP contribution in [-0.2, 0) is 6.42 Å². The molecule has 0 saturated heterocycles. The van der Waals surface area contributed by atoms with Crippen LogP contribution < -0.4 is 5.73 Å². The van der Waals surface area contributed by atoms with Crippen LogP contribution in [0, 0.1) is 0 Å². The number of unbranched alkanes of at least 4 members (excludes halogenated alkanes) is 5. The largest absolute Gasteiger partial charge is 0.327 e. The molecule has 21 heavy (non-hydrogen) atoms. The number of hydrogen-bond acceptors (Lipinski definition) is 2. The van der Waals surface area contributed by atoms with Crippen molar-refractivity contribution in [2.45, 2.75) is 96.1 Å². The van der Waals surface area contributed by atoms with Crippen LogP contribution in [0.1, 0.15) is 89.3 Å². The molecule has 1 saturated carbocycles. The Bertz CT molecular complexity index is 380. The number of nitrogens with zero attached hydrogens (tertiary/aromatic N) is 2. The second kappa shape index (κ2) is 9.24. The smallest absolute Gasteiger partial charge is 0.0640 e. The molecular formula is C18H33N3. The summed E-state index contributed by atoms with van der Waals surface area (Å²) in [5, 5.41) is 4.74. The zero-order chi connectivity index (χ0) is 14.9. The van der Waals surface area contributed by atoms with Gasteiger partial charge in [0.1, 0.15) is 0 Å². The minimum atomic E-state index is 0.281. The lowest BCUT2D eigenvalue weighted by Crippen LogP contribution is -2.23. The maximum absolute atomic E-state index is 6.26. The van der Waals surface area contributed by atoms with E-state index in [2.05, 4.69) is 23.9 Å². The van der Waals surface area contributed by atoms with Gasteiger partial charge in [0.15, 0.2) is 0 Å². The summed E-state index contributed by atoms with van der Waals surface area (Å²) in [5.41, 5.74) is 7.44. The molecule has 1 aromatic rings. The molecule has 0 aromatic carbocycles. The van der Waals surface area contributed by atoms with Crippen LogP contribution in [0.4, 0.5) is 0 Å². The van der Waals surface area contributed by atoms with Crippen molar-refractivity contribution in [3.63, 3.8) is 0 Å². The maximum atomic E-state index is 6.26. The van der Waals surface area contributed by atoms with Crippen LogP contribution in [0.15, 0.2) is 12.3 Å². The van der Waals surface area contributed by atoms with Gasteiger partial charge >= 0.3 is 0 Å². The summed E-state index contributed by atoms with van der Waals surface area (Å²) in [5.74, 6) is 0. The van der Waals surface area contributed by atoms with Crippen LogP contribution in [-0.4, -0.2) is 15.8 Å². The molecular weight excluding hydrogens is 258 g/mol. The van der Waals surface area contributed by atoms with Gasteiger partial charge in [0.05, 0.1) is 11.7 Å². The highest BCUT2D eigenvalue weighted by Crippen LogP contribution is 2.28. The van der Waals surface area contributed by atoms with Gasteiger partial charge in [0.2, 0.25) is 0 Å². The molecule has 1 heterocycles. The molecule has 1 atom stereocenters.